The van der Waals surface area contributed by atoms with Crippen molar-refractivity contribution in [2.45, 2.75) is 64.8 Å². The maximum absolute atomic E-state index is 14.0. The third-order valence-corrected chi connectivity index (χ3v) is 6.11. The second-order valence-electron chi connectivity index (χ2n) is 8.80. The van der Waals surface area contributed by atoms with Crippen molar-refractivity contribution in [3.05, 3.63) is 58.4 Å². The number of carboxylic acid groups (broad SMARTS) is 1. The van der Waals surface area contributed by atoms with Crippen LogP contribution in [0.1, 0.15) is 65.6 Å². The Kier molecular flexibility index (Phi) is 11.0. The van der Waals surface area contributed by atoms with E-state index in [0.717, 1.165) is 41.7 Å². The molecule has 0 bridgehead atoms. The molecule has 0 saturated heterocycles. The van der Waals surface area contributed by atoms with Crippen LogP contribution in [0.15, 0.2) is 30.3 Å². The minimum Gasteiger partial charge on any atom is -0.870 e. The summed E-state index contributed by atoms with van der Waals surface area (Å²) < 4.78 is 14.0. The fourth-order valence-electron chi connectivity index (χ4n) is 4.47. The summed E-state index contributed by atoms with van der Waals surface area (Å²) in [5, 5.41) is 17.8. The number of hydrogen-bond acceptors (Lipinski definition) is 4. The molecule has 8 nitrogen and oxygen atoms in total. The summed E-state index contributed by atoms with van der Waals surface area (Å²) >= 11 is 0. The summed E-state index contributed by atoms with van der Waals surface area (Å²) in [4.78, 5) is 37.8. The molecule has 0 unspecified atom stereocenters. The van der Waals surface area contributed by atoms with Gasteiger partial charge in [0.05, 0.1) is 11.3 Å². The second-order valence-corrected chi connectivity index (χ2v) is 8.80. The number of aliphatic carboxylic acids is 1. The van der Waals surface area contributed by atoms with Crippen LogP contribution >= 0.6 is 0 Å². The van der Waals surface area contributed by atoms with Crippen LogP contribution in [0.25, 0.3) is 0 Å². The molecule has 1 aliphatic rings. The average Bonchev–Trinajstić information content (AvgIpc) is 2.97. The van der Waals surface area contributed by atoms with E-state index in [1.165, 1.54) is 6.07 Å². The van der Waals surface area contributed by atoms with Crippen molar-refractivity contribution in [3.8, 4) is 0 Å². The number of hydrogen-bond donors (Lipinski definition) is 4. The first-order chi connectivity index (χ1) is 15.6. The molecular formula is C25H31FLiN3O5. The number of aryl methyl sites for hydroxylation is 3. The number of benzene rings is 2. The van der Waals surface area contributed by atoms with Crippen LogP contribution in [0.2, 0.25) is 0 Å². The number of rotatable bonds is 5. The molecule has 35 heavy (non-hydrogen) atoms. The van der Waals surface area contributed by atoms with E-state index in [4.69, 9.17) is 0 Å². The summed E-state index contributed by atoms with van der Waals surface area (Å²) in [7, 11) is 0. The Balaban J connectivity index is 0.00000306. The zero-order chi connectivity index (χ0) is 24.2. The molecule has 1 saturated carbocycles. The van der Waals surface area contributed by atoms with Crippen LogP contribution in [0, 0.1) is 26.6 Å². The number of halogens is 1. The largest absolute Gasteiger partial charge is 1.00 e. The number of nitrogens with one attached hydrogen (secondary N) is 3. The van der Waals surface area contributed by atoms with Crippen molar-refractivity contribution < 1.29 is 48.2 Å². The van der Waals surface area contributed by atoms with E-state index in [2.05, 4.69) is 16.0 Å². The Bertz CT molecular complexity index is 1060. The van der Waals surface area contributed by atoms with Gasteiger partial charge in [0, 0.05) is 5.69 Å². The van der Waals surface area contributed by atoms with Gasteiger partial charge in [-0.2, -0.15) is 0 Å². The Labute approximate surface area is 216 Å². The van der Waals surface area contributed by atoms with Crippen LogP contribution in [-0.4, -0.2) is 34.0 Å². The summed E-state index contributed by atoms with van der Waals surface area (Å²) in [5.74, 6) is -2.39. The molecule has 3 amide bonds. The fraction of sp³-hybridized carbons (Fsp3) is 0.400. The first-order valence-electron chi connectivity index (χ1n) is 11.1. The van der Waals surface area contributed by atoms with Crippen molar-refractivity contribution in [1.82, 2.24) is 5.32 Å². The third kappa shape index (κ3) is 7.31. The second kappa shape index (κ2) is 12.7. The van der Waals surface area contributed by atoms with Crippen molar-refractivity contribution >= 4 is 29.3 Å². The number of anilines is 2. The molecule has 0 heterocycles. The standard InChI is InChI=1S/C25H30FN3O4.Li.H2O/c1-15-12-16(2)21(17(3)13-15)28-24(33)27-20-14-18(26)8-9-19(20)22(30)29-25(23(31)32)10-6-4-5-7-11-25;;/h8-9,12-14H,4-7,10-11H2,1-3H3,(H,29,30)(H,31,32)(H2,27,28,33);;1H2/q;+1;/p-1. The molecule has 5 N–H and O–H groups in total. The van der Waals surface area contributed by atoms with Crippen LogP contribution in [0.5, 0.6) is 0 Å². The number of urea groups is 1. The molecule has 0 spiro atoms. The van der Waals surface area contributed by atoms with E-state index >= 15 is 0 Å². The van der Waals surface area contributed by atoms with Gasteiger partial charge in [0.15, 0.2) is 0 Å². The summed E-state index contributed by atoms with van der Waals surface area (Å²) in [6.45, 7) is 5.70. The van der Waals surface area contributed by atoms with Crippen molar-refractivity contribution in [2.24, 2.45) is 0 Å². The van der Waals surface area contributed by atoms with E-state index < -0.39 is 29.3 Å². The number of carboxylic acids is 1. The maximum Gasteiger partial charge on any atom is 1.00 e. The summed E-state index contributed by atoms with van der Waals surface area (Å²) in [6.07, 6.45) is 3.85. The van der Waals surface area contributed by atoms with Crippen LogP contribution < -0.4 is 34.8 Å². The molecule has 3 rings (SSSR count). The Morgan fingerprint density at radius 3 is 2.03 bits per heavy atom. The molecule has 2 aromatic carbocycles. The molecule has 2 aromatic rings. The zero-order valence-electron chi connectivity index (χ0n) is 20.6. The van der Waals surface area contributed by atoms with Crippen molar-refractivity contribution in [1.29, 1.82) is 0 Å². The zero-order valence-corrected chi connectivity index (χ0v) is 20.6. The molecular weight excluding hydrogens is 448 g/mol. The smallest absolute Gasteiger partial charge is 0.870 e. The molecule has 0 aromatic heterocycles. The Morgan fingerprint density at radius 1 is 0.914 bits per heavy atom. The quantitative estimate of drug-likeness (QED) is 0.385. The predicted octanol–water partition coefficient (Wildman–Crippen LogP) is 2.13. The minimum absolute atomic E-state index is 0. The molecule has 10 heteroatoms. The number of amides is 3. The van der Waals surface area contributed by atoms with Gasteiger partial charge in [-0.1, -0.05) is 43.4 Å². The van der Waals surface area contributed by atoms with Gasteiger partial charge >= 0.3 is 30.9 Å². The molecule has 184 valence electrons. The van der Waals surface area contributed by atoms with Gasteiger partial charge in [0.1, 0.15) is 11.4 Å². The molecule has 1 fully saturated rings. The van der Waals surface area contributed by atoms with Gasteiger partial charge in [0.2, 0.25) is 0 Å². The number of carbonyl (C=O) groups is 3. The molecule has 0 aliphatic heterocycles. The van der Waals surface area contributed by atoms with Gasteiger partial charge in [-0.3, -0.25) is 4.79 Å². The van der Waals surface area contributed by atoms with Gasteiger partial charge in [-0.15, -0.1) is 0 Å². The third-order valence-electron chi connectivity index (χ3n) is 6.11. The molecule has 0 radical (unpaired) electrons. The van der Waals surface area contributed by atoms with E-state index in [-0.39, 0.29) is 35.6 Å². The summed E-state index contributed by atoms with van der Waals surface area (Å²) in [5.41, 5.74) is 2.01. The van der Waals surface area contributed by atoms with Crippen molar-refractivity contribution in [3.63, 3.8) is 0 Å². The Hall–Kier alpha value is -2.86. The van der Waals surface area contributed by atoms with E-state index in [1.807, 2.05) is 32.9 Å². The van der Waals surface area contributed by atoms with Crippen LogP contribution in [-0.2, 0) is 4.79 Å². The van der Waals surface area contributed by atoms with E-state index in [9.17, 15) is 23.9 Å². The van der Waals surface area contributed by atoms with Crippen LogP contribution in [0.4, 0.5) is 20.6 Å². The monoisotopic (exact) mass is 479 g/mol. The van der Waals surface area contributed by atoms with Crippen LogP contribution in [0.3, 0.4) is 0 Å². The molecule has 1 aliphatic carbocycles. The normalized spacial score (nSPS) is 14.4. The minimum atomic E-state index is -1.38. The van der Waals surface area contributed by atoms with E-state index in [1.54, 1.807) is 0 Å². The maximum atomic E-state index is 14.0. The SMILES string of the molecule is Cc1cc(C)c(NC(=O)Nc2cc(F)ccc2C(=O)NC2(C(=O)O)CCCCCC2)c(C)c1.[Li+].[OH-]. The van der Waals surface area contributed by atoms with E-state index in [0.29, 0.717) is 31.4 Å². The first kappa shape index (κ1) is 30.2. The Morgan fingerprint density at radius 2 is 1.49 bits per heavy atom. The van der Waals surface area contributed by atoms with Gasteiger partial charge in [-0.25, -0.2) is 14.0 Å². The summed E-state index contributed by atoms with van der Waals surface area (Å²) in [6, 6.07) is 6.63. The van der Waals surface area contributed by atoms with Gasteiger partial charge in [-0.05, 0) is 62.9 Å². The van der Waals surface area contributed by atoms with Gasteiger partial charge < -0.3 is 26.5 Å². The molecule has 0 atom stereocenters. The average molecular weight is 479 g/mol. The fourth-order valence-corrected chi connectivity index (χ4v) is 4.47. The predicted molar refractivity (Wildman–Crippen MR) is 127 cm³/mol. The number of carbonyl (C=O) groups excluding carboxylic acids is 2. The topological polar surface area (TPSA) is 138 Å². The van der Waals surface area contributed by atoms with Gasteiger partial charge in [0.25, 0.3) is 5.91 Å². The first-order valence-corrected chi connectivity index (χ1v) is 11.1. The van der Waals surface area contributed by atoms with Crippen molar-refractivity contribution in [2.75, 3.05) is 10.6 Å².